The Morgan fingerprint density at radius 3 is 3.00 bits per heavy atom. The summed E-state index contributed by atoms with van der Waals surface area (Å²) >= 11 is 1.22. The van der Waals surface area contributed by atoms with Gasteiger partial charge in [-0.1, -0.05) is 0 Å². The van der Waals surface area contributed by atoms with Gasteiger partial charge in [0.05, 0.1) is 6.61 Å². The first-order valence-electron chi connectivity index (χ1n) is 2.90. The highest BCUT2D eigenvalue weighted by molar-refractivity contribution is 7.09. The zero-order valence-corrected chi connectivity index (χ0v) is 6.52. The lowest BCUT2D eigenvalue weighted by atomic mass is 10.4. The van der Waals surface area contributed by atoms with Gasteiger partial charge in [0.1, 0.15) is 5.82 Å². The molecule has 0 aliphatic heterocycles. The number of nitrogen functional groups attached to an aromatic ring is 1. The Labute approximate surface area is 63.2 Å². The Hall–Kier alpha value is -0.680. The van der Waals surface area contributed by atoms with E-state index in [0.717, 1.165) is 12.2 Å². The molecule has 4 nitrogen and oxygen atoms in total. The summed E-state index contributed by atoms with van der Waals surface area (Å²) in [6.45, 7) is 0.649. The predicted octanol–water partition coefficient (Wildman–Crippen LogP) is 0.309. The lowest BCUT2D eigenvalue weighted by Gasteiger charge is -1.90. The van der Waals surface area contributed by atoms with Crippen molar-refractivity contribution in [1.82, 2.24) is 9.36 Å². The zero-order valence-electron chi connectivity index (χ0n) is 5.70. The van der Waals surface area contributed by atoms with E-state index in [9.17, 15) is 0 Å². The molecule has 1 heterocycles. The minimum absolute atomic E-state index is 0.520. The van der Waals surface area contributed by atoms with Gasteiger partial charge in [-0.25, -0.2) is 4.98 Å². The van der Waals surface area contributed by atoms with Gasteiger partial charge in [0.15, 0.2) is 5.13 Å². The van der Waals surface area contributed by atoms with Crippen LogP contribution in [0.3, 0.4) is 0 Å². The van der Waals surface area contributed by atoms with Gasteiger partial charge in [-0.15, -0.1) is 0 Å². The number of aromatic nitrogens is 2. The molecule has 0 bridgehead atoms. The third kappa shape index (κ3) is 1.93. The zero-order chi connectivity index (χ0) is 7.40. The summed E-state index contributed by atoms with van der Waals surface area (Å²) in [5, 5.41) is 0.520. The Bertz CT molecular complexity index is 201. The minimum atomic E-state index is 0.520. The van der Waals surface area contributed by atoms with E-state index in [2.05, 4.69) is 9.36 Å². The molecule has 56 valence electrons. The maximum atomic E-state index is 5.35. The maximum Gasteiger partial charge on any atom is 0.199 e. The van der Waals surface area contributed by atoms with Gasteiger partial charge >= 0.3 is 0 Å². The smallest absolute Gasteiger partial charge is 0.199 e. The molecule has 0 atom stereocenters. The monoisotopic (exact) mass is 159 g/mol. The molecule has 0 spiro atoms. The van der Waals surface area contributed by atoms with Crippen molar-refractivity contribution in [3.63, 3.8) is 0 Å². The second kappa shape index (κ2) is 3.48. The first-order valence-corrected chi connectivity index (χ1v) is 3.67. The van der Waals surface area contributed by atoms with E-state index in [4.69, 9.17) is 10.5 Å². The van der Waals surface area contributed by atoms with Crippen molar-refractivity contribution in [3.8, 4) is 0 Å². The quantitative estimate of drug-likeness (QED) is 0.689. The summed E-state index contributed by atoms with van der Waals surface area (Å²) < 4.78 is 8.82. The summed E-state index contributed by atoms with van der Waals surface area (Å²) in [6.07, 6.45) is 0.740. The average molecular weight is 159 g/mol. The van der Waals surface area contributed by atoms with Gasteiger partial charge < -0.3 is 10.5 Å². The van der Waals surface area contributed by atoms with E-state index in [1.54, 1.807) is 7.11 Å². The van der Waals surface area contributed by atoms with Gasteiger partial charge in [-0.2, -0.15) is 4.37 Å². The summed E-state index contributed by atoms with van der Waals surface area (Å²) in [7, 11) is 1.65. The molecule has 1 aromatic heterocycles. The van der Waals surface area contributed by atoms with Crippen LogP contribution in [0.25, 0.3) is 0 Å². The largest absolute Gasteiger partial charge is 0.384 e. The second-order valence-electron chi connectivity index (χ2n) is 1.79. The lowest BCUT2D eigenvalue weighted by molar-refractivity contribution is 0.201. The molecular formula is C5H9N3OS. The number of nitrogens with two attached hydrogens (primary N) is 1. The molecule has 0 amide bonds. The van der Waals surface area contributed by atoms with Gasteiger partial charge in [0, 0.05) is 25.1 Å². The standard InChI is InChI=1S/C5H9N3OS/c1-9-3-2-4-7-5(6)10-8-4/h2-3H2,1H3,(H2,6,7,8). The Balaban J connectivity index is 2.42. The molecule has 1 rings (SSSR count). The lowest BCUT2D eigenvalue weighted by Crippen LogP contribution is -1.96. The number of rotatable bonds is 3. The second-order valence-corrected chi connectivity index (χ2v) is 2.58. The van der Waals surface area contributed by atoms with E-state index in [-0.39, 0.29) is 0 Å². The number of hydrogen-bond donors (Lipinski definition) is 1. The molecule has 5 heteroatoms. The Morgan fingerprint density at radius 2 is 2.50 bits per heavy atom. The van der Waals surface area contributed by atoms with Crippen LogP contribution in [-0.2, 0) is 11.2 Å². The van der Waals surface area contributed by atoms with Crippen molar-refractivity contribution in [3.05, 3.63) is 5.82 Å². The van der Waals surface area contributed by atoms with E-state index >= 15 is 0 Å². The van der Waals surface area contributed by atoms with E-state index < -0.39 is 0 Å². The highest BCUT2D eigenvalue weighted by Gasteiger charge is 1.98. The molecule has 0 aliphatic carbocycles. The van der Waals surface area contributed by atoms with Crippen LogP contribution in [0, 0.1) is 0 Å². The molecule has 0 aromatic carbocycles. The summed E-state index contributed by atoms with van der Waals surface area (Å²) in [4.78, 5) is 3.95. The van der Waals surface area contributed by atoms with Crippen molar-refractivity contribution in [2.75, 3.05) is 19.5 Å². The van der Waals surface area contributed by atoms with Crippen molar-refractivity contribution in [1.29, 1.82) is 0 Å². The van der Waals surface area contributed by atoms with Crippen LogP contribution in [0.15, 0.2) is 0 Å². The summed E-state index contributed by atoms with van der Waals surface area (Å²) in [5.41, 5.74) is 5.35. The van der Waals surface area contributed by atoms with Crippen LogP contribution in [0.5, 0.6) is 0 Å². The van der Waals surface area contributed by atoms with E-state index in [1.165, 1.54) is 11.5 Å². The molecule has 0 aliphatic rings. The first-order chi connectivity index (χ1) is 4.83. The number of anilines is 1. The van der Waals surface area contributed by atoms with Crippen LogP contribution in [0.4, 0.5) is 5.13 Å². The molecule has 0 saturated heterocycles. The number of methoxy groups -OCH3 is 1. The molecular weight excluding hydrogens is 150 g/mol. The molecule has 2 N–H and O–H groups in total. The SMILES string of the molecule is COCCc1nsc(N)n1. The summed E-state index contributed by atoms with van der Waals surface area (Å²) in [5.74, 6) is 0.768. The topological polar surface area (TPSA) is 61.0 Å². The summed E-state index contributed by atoms with van der Waals surface area (Å²) in [6, 6.07) is 0. The first kappa shape index (κ1) is 7.43. The van der Waals surface area contributed by atoms with Crippen LogP contribution >= 0.6 is 11.5 Å². The Kier molecular flexibility index (Phi) is 2.58. The van der Waals surface area contributed by atoms with Crippen molar-refractivity contribution < 1.29 is 4.74 Å². The predicted molar refractivity (Wildman–Crippen MR) is 39.9 cm³/mol. The molecule has 0 fully saturated rings. The van der Waals surface area contributed by atoms with Crippen LogP contribution in [-0.4, -0.2) is 23.1 Å². The average Bonchev–Trinajstić information content (AvgIpc) is 2.31. The van der Waals surface area contributed by atoms with E-state index in [0.29, 0.717) is 11.7 Å². The number of hydrogen-bond acceptors (Lipinski definition) is 5. The third-order valence-electron chi connectivity index (χ3n) is 1.01. The molecule has 0 radical (unpaired) electrons. The van der Waals surface area contributed by atoms with Crippen LogP contribution < -0.4 is 5.73 Å². The number of nitrogens with zero attached hydrogens (tertiary/aromatic N) is 2. The molecule has 0 saturated carbocycles. The Morgan fingerprint density at radius 1 is 1.70 bits per heavy atom. The fraction of sp³-hybridized carbons (Fsp3) is 0.600. The van der Waals surface area contributed by atoms with Gasteiger partial charge in [-0.3, -0.25) is 0 Å². The van der Waals surface area contributed by atoms with Crippen LogP contribution in [0.2, 0.25) is 0 Å². The molecule has 1 aromatic rings. The minimum Gasteiger partial charge on any atom is -0.384 e. The molecule has 10 heavy (non-hydrogen) atoms. The van der Waals surface area contributed by atoms with Gasteiger partial charge in [0.2, 0.25) is 0 Å². The maximum absolute atomic E-state index is 5.35. The third-order valence-corrected chi connectivity index (χ3v) is 1.59. The van der Waals surface area contributed by atoms with Crippen molar-refractivity contribution in [2.45, 2.75) is 6.42 Å². The normalized spacial score (nSPS) is 10.1. The number of ether oxygens (including phenoxy) is 1. The van der Waals surface area contributed by atoms with Crippen molar-refractivity contribution >= 4 is 16.7 Å². The highest BCUT2D eigenvalue weighted by Crippen LogP contribution is 2.05. The van der Waals surface area contributed by atoms with Crippen LogP contribution in [0.1, 0.15) is 5.82 Å². The van der Waals surface area contributed by atoms with E-state index in [1.807, 2.05) is 0 Å². The molecule has 0 unspecified atom stereocenters. The van der Waals surface area contributed by atoms with Crippen molar-refractivity contribution in [2.24, 2.45) is 0 Å². The fourth-order valence-electron chi connectivity index (χ4n) is 0.562. The van der Waals surface area contributed by atoms with Gasteiger partial charge in [0.25, 0.3) is 0 Å². The highest BCUT2D eigenvalue weighted by atomic mass is 32.1. The fourth-order valence-corrected chi connectivity index (χ4v) is 1.04. The van der Waals surface area contributed by atoms with Gasteiger partial charge in [-0.05, 0) is 0 Å².